The Hall–Kier alpha value is -3.34. The van der Waals surface area contributed by atoms with Crippen LogP contribution in [0.25, 0.3) is 17.1 Å². The van der Waals surface area contributed by atoms with Gasteiger partial charge in [0.1, 0.15) is 0 Å². The number of hydrogen-bond acceptors (Lipinski definition) is 4. The number of nitrogens with zero attached hydrogens (tertiary/aromatic N) is 3. The van der Waals surface area contributed by atoms with Crippen LogP contribution in [0.4, 0.5) is 11.6 Å². The summed E-state index contributed by atoms with van der Waals surface area (Å²) in [5.41, 5.74) is 6.33. The molecule has 1 aromatic heterocycles. The maximum Gasteiger partial charge on any atom is 0.230 e. The molecule has 0 unspecified atom stereocenters. The SMILES string of the molecule is C=C1C=C(CNc2ccc(C)cc2)Nc2nc(-c3ccc(C)cc3)nn21. The molecule has 3 aromatic rings. The van der Waals surface area contributed by atoms with Crippen molar-refractivity contribution in [1.29, 1.82) is 0 Å². The minimum atomic E-state index is 0.662. The average molecular weight is 343 g/mol. The van der Waals surface area contributed by atoms with E-state index < -0.39 is 0 Å². The van der Waals surface area contributed by atoms with E-state index in [0.717, 1.165) is 22.6 Å². The van der Waals surface area contributed by atoms with Crippen molar-refractivity contribution in [1.82, 2.24) is 14.8 Å². The van der Waals surface area contributed by atoms with E-state index in [9.17, 15) is 0 Å². The molecule has 0 fully saturated rings. The maximum atomic E-state index is 4.63. The van der Waals surface area contributed by atoms with Crippen molar-refractivity contribution < 1.29 is 0 Å². The molecule has 0 amide bonds. The summed E-state index contributed by atoms with van der Waals surface area (Å²) in [5.74, 6) is 1.38. The van der Waals surface area contributed by atoms with Gasteiger partial charge in [0, 0.05) is 16.9 Å². The molecule has 2 heterocycles. The van der Waals surface area contributed by atoms with Gasteiger partial charge in [-0.25, -0.2) is 0 Å². The number of nitrogens with one attached hydrogen (secondary N) is 2. The van der Waals surface area contributed by atoms with E-state index >= 15 is 0 Å². The summed E-state index contributed by atoms with van der Waals surface area (Å²) in [4.78, 5) is 4.63. The molecule has 0 radical (unpaired) electrons. The molecule has 0 spiro atoms. The number of aryl methyl sites for hydroxylation is 2. The Bertz CT molecular complexity index is 978. The molecule has 5 heteroatoms. The van der Waals surface area contributed by atoms with Gasteiger partial charge in [-0.05, 0) is 32.1 Å². The Kier molecular flexibility index (Phi) is 4.05. The molecule has 4 rings (SSSR count). The fourth-order valence-corrected chi connectivity index (χ4v) is 2.82. The zero-order valence-electron chi connectivity index (χ0n) is 15.0. The third-order valence-electron chi connectivity index (χ3n) is 4.34. The van der Waals surface area contributed by atoms with Crippen molar-refractivity contribution in [3.63, 3.8) is 0 Å². The number of aromatic nitrogens is 3. The summed E-state index contributed by atoms with van der Waals surface area (Å²) >= 11 is 0. The van der Waals surface area contributed by atoms with Crippen LogP contribution in [0, 0.1) is 13.8 Å². The second-order valence-corrected chi connectivity index (χ2v) is 6.54. The standard InChI is InChI=1S/C21H21N5/c1-14-4-8-17(9-5-14)20-24-21-23-19(12-16(3)26(21)25-20)13-22-18-10-6-15(2)7-11-18/h4-12,22H,3,13H2,1-2H3,(H,23,24,25). The highest BCUT2D eigenvalue weighted by molar-refractivity contribution is 5.68. The molecule has 130 valence electrons. The van der Waals surface area contributed by atoms with E-state index in [-0.39, 0.29) is 0 Å². The quantitative estimate of drug-likeness (QED) is 0.735. The van der Waals surface area contributed by atoms with Crippen molar-refractivity contribution in [3.05, 3.63) is 78.0 Å². The highest BCUT2D eigenvalue weighted by Crippen LogP contribution is 2.25. The van der Waals surface area contributed by atoms with Crippen molar-refractivity contribution in [3.8, 4) is 11.4 Å². The van der Waals surface area contributed by atoms with E-state index in [2.05, 4.69) is 77.5 Å². The van der Waals surface area contributed by atoms with Gasteiger partial charge < -0.3 is 10.6 Å². The molecule has 0 aliphatic carbocycles. The van der Waals surface area contributed by atoms with E-state index in [1.54, 1.807) is 4.68 Å². The van der Waals surface area contributed by atoms with Crippen molar-refractivity contribution in [2.24, 2.45) is 0 Å². The number of hydrogen-bond donors (Lipinski definition) is 2. The van der Waals surface area contributed by atoms with Crippen LogP contribution in [-0.4, -0.2) is 21.3 Å². The second kappa shape index (κ2) is 6.52. The lowest BCUT2D eigenvalue weighted by molar-refractivity contribution is 0.900. The maximum absolute atomic E-state index is 4.63. The third kappa shape index (κ3) is 3.24. The Morgan fingerprint density at radius 3 is 2.35 bits per heavy atom. The first-order valence-electron chi connectivity index (χ1n) is 8.60. The highest BCUT2D eigenvalue weighted by Gasteiger charge is 2.18. The second-order valence-electron chi connectivity index (χ2n) is 6.54. The summed E-state index contributed by atoms with van der Waals surface area (Å²) in [5, 5.41) is 11.3. The lowest BCUT2D eigenvalue weighted by Gasteiger charge is -2.18. The smallest absolute Gasteiger partial charge is 0.230 e. The number of anilines is 2. The Balaban J connectivity index is 1.50. The third-order valence-corrected chi connectivity index (χ3v) is 4.34. The zero-order valence-corrected chi connectivity index (χ0v) is 15.0. The van der Waals surface area contributed by atoms with E-state index in [1.807, 2.05) is 18.2 Å². The van der Waals surface area contributed by atoms with E-state index in [0.29, 0.717) is 18.3 Å². The molecular weight excluding hydrogens is 322 g/mol. The first kappa shape index (κ1) is 16.1. The molecule has 0 bridgehead atoms. The predicted octanol–water partition coefficient (Wildman–Crippen LogP) is 4.45. The van der Waals surface area contributed by atoms with Crippen LogP contribution in [0.5, 0.6) is 0 Å². The minimum Gasteiger partial charge on any atom is -0.379 e. The topological polar surface area (TPSA) is 54.8 Å². The molecule has 2 aromatic carbocycles. The minimum absolute atomic E-state index is 0.662. The normalized spacial score (nSPS) is 13.0. The zero-order chi connectivity index (χ0) is 18.1. The fraction of sp³-hybridized carbons (Fsp3) is 0.143. The van der Waals surface area contributed by atoms with E-state index in [4.69, 9.17) is 0 Å². The first-order valence-corrected chi connectivity index (χ1v) is 8.60. The molecular formula is C21H21N5. The van der Waals surface area contributed by atoms with Gasteiger partial charge in [-0.1, -0.05) is 54.1 Å². The molecule has 5 nitrogen and oxygen atoms in total. The summed E-state index contributed by atoms with van der Waals surface area (Å²) < 4.78 is 1.74. The molecule has 26 heavy (non-hydrogen) atoms. The highest BCUT2D eigenvalue weighted by atomic mass is 15.4. The molecule has 1 aliphatic heterocycles. The number of allylic oxidation sites excluding steroid dienone is 2. The largest absolute Gasteiger partial charge is 0.379 e. The Morgan fingerprint density at radius 2 is 1.65 bits per heavy atom. The van der Waals surface area contributed by atoms with Crippen LogP contribution in [0.3, 0.4) is 0 Å². The molecule has 2 N–H and O–H groups in total. The summed E-state index contributed by atoms with van der Waals surface area (Å²) in [6, 6.07) is 16.5. The fourth-order valence-electron chi connectivity index (χ4n) is 2.82. The lowest BCUT2D eigenvalue weighted by atomic mass is 10.1. The first-order chi connectivity index (χ1) is 12.6. The molecule has 0 saturated heterocycles. The molecule has 0 atom stereocenters. The summed E-state index contributed by atoms with van der Waals surface area (Å²) in [6.45, 7) is 8.92. The monoisotopic (exact) mass is 343 g/mol. The van der Waals surface area contributed by atoms with Gasteiger partial charge in [0.15, 0.2) is 5.82 Å². The van der Waals surface area contributed by atoms with Crippen molar-refractivity contribution in [2.75, 3.05) is 17.2 Å². The number of benzene rings is 2. The average Bonchev–Trinajstić information content (AvgIpc) is 3.07. The van der Waals surface area contributed by atoms with Gasteiger partial charge in [0.25, 0.3) is 0 Å². The van der Waals surface area contributed by atoms with Crippen LogP contribution < -0.4 is 10.6 Å². The summed E-state index contributed by atoms with van der Waals surface area (Å²) in [7, 11) is 0. The molecule has 0 saturated carbocycles. The predicted molar refractivity (Wildman–Crippen MR) is 107 cm³/mol. The lowest BCUT2D eigenvalue weighted by Crippen LogP contribution is -2.19. The van der Waals surface area contributed by atoms with Gasteiger partial charge in [-0.15, -0.1) is 5.10 Å². The number of rotatable bonds is 4. The van der Waals surface area contributed by atoms with Crippen molar-refractivity contribution >= 4 is 17.3 Å². The van der Waals surface area contributed by atoms with Crippen LogP contribution in [0.2, 0.25) is 0 Å². The van der Waals surface area contributed by atoms with Crippen LogP contribution in [-0.2, 0) is 0 Å². The van der Waals surface area contributed by atoms with Gasteiger partial charge >= 0.3 is 0 Å². The van der Waals surface area contributed by atoms with Gasteiger partial charge in [0.2, 0.25) is 5.95 Å². The van der Waals surface area contributed by atoms with Gasteiger partial charge in [0.05, 0.1) is 12.2 Å². The van der Waals surface area contributed by atoms with Crippen LogP contribution >= 0.6 is 0 Å². The van der Waals surface area contributed by atoms with Crippen LogP contribution in [0.1, 0.15) is 11.1 Å². The molecule has 1 aliphatic rings. The Labute approximate surface area is 153 Å². The Morgan fingerprint density at radius 1 is 1.00 bits per heavy atom. The number of fused-ring (bicyclic) bond motifs is 1. The van der Waals surface area contributed by atoms with Gasteiger partial charge in [-0.2, -0.15) is 9.67 Å². The van der Waals surface area contributed by atoms with E-state index in [1.165, 1.54) is 11.1 Å². The van der Waals surface area contributed by atoms with Crippen molar-refractivity contribution in [2.45, 2.75) is 13.8 Å². The van der Waals surface area contributed by atoms with Crippen LogP contribution in [0.15, 0.2) is 66.9 Å². The summed E-state index contributed by atoms with van der Waals surface area (Å²) in [6.07, 6.45) is 1.99. The van der Waals surface area contributed by atoms with Gasteiger partial charge in [-0.3, -0.25) is 0 Å².